The van der Waals surface area contributed by atoms with Crippen molar-refractivity contribution in [1.29, 1.82) is 0 Å². The summed E-state index contributed by atoms with van der Waals surface area (Å²) in [6.45, 7) is 0. The van der Waals surface area contributed by atoms with Crippen LogP contribution in [0.25, 0.3) is 10.6 Å². The van der Waals surface area contributed by atoms with Crippen LogP contribution in [0.4, 0.5) is 0 Å². The Kier molecular flexibility index (Phi) is 2.74. The Bertz CT molecular complexity index is 486. The van der Waals surface area contributed by atoms with Gasteiger partial charge in [-0.1, -0.05) is 30.3 Å². The van der Waals surface area contributed by atoms with E-state index in [9.17, 15) is 0 Å². The molecule has 1 aromatic carbocycles. The van der Waals surface area contributed by atoms with Crippen molar-refractivity contribution in [3.05, 3.63) is 40.9 Å². The predicted molar refractivity (Wildman–Crippen MR) is 72.2 cm³/mol. The van der Waals surface area contributed by atoms with Gasteiger partial charge in [0.1, 0.15) is 5.01 Å². The van der Waals surface area contributed by atoms with E-state index < -0.39 is 0 Å². The molecule has 1 fully saturated rings. The van der Waals surface area contributed by atoms with E-state index in [1.807, 2.05) is 6.07 Å². The molecule has 0 bridgehead atoms. The van der Waals surface area contributed by atoms with Crippen LogP contribution in [-0.2, 0) is 5.75 Å². The summed E-state index contributed by atoms with van der Waals surface area (Å²) in [6.07, 6.45) is 2.61. The largest absolute Gasteiger partial charge is 0.240 e. The van der Waals surface area contributed by atoms with Gasteiger partial charge in [-0.15, -0.1) is 11.3 Å². The molecule has 1 aliphatic rings. The number of aromatic nitrogens is 1. The smallest absolute Gasteiger partial charge is 0.123 e. The Morgan fingerprint density at radius 2 is 2.00 bits per heavy atom. The molecule has 82 valence electrons. The van der Waals surface area contributed by atoms with Gasteiger partial charge in [-0.3, -0.25) is 0 Å². The first-order valence-electron chi connectivity index (χ1n) is 5.54. The molecule has 0 N–H and O–H groups in total. The Morgan fingerprint density at radius 3 is 2.62 bits per heavy atom. The van der Waals surface area contributed by atoms with Gasteiger partial charge in [0, 0.05) is 22.1 Å². The average Bonchev–Trinajstić information content (AvgIpc) is 3.10. The second-order valence-electron chi connectivity index (χ2n) is 4.13. The van der Waals surface area contributed by atoms with Crippen LogP contribution >= 0.6 is 24.0 Å². The monoisotopic (exact) mass is 247 g/mol. The van der Waals surface area contributed by atoms with Gasteiger partial charge in [-0.2, -0.15) is 12.6 Å². The average molecular weight is 247 g/mol. The maximum absolute atomic E-state index is 4.78. The van der Waals surface area contributed by atoms with Gasteiger partial charge >= 0.3 is 0 Å². The lowest BCUT2D eigenvalue weighted by atomic mass is 10.2. The summed E-state index contributed by atoms with van der Waals surface area (Å²) in [6, 6.07) is 10.4. The molecular weight excluding hydrogens is 234 g/mol. The minimum atomic E-state index is 0.718. The van der Waals surface area contributed by atoms with E-state index >= 15 is 0 Å². The zero-order valence-corrected chi connectivity index (χ0v) is 10.6. The first-order chi connectivity index (χ1) is 7.88. The number of hydrogen-bond donors (Lipinski definition) is 1. The fourth-order valence-electron chi connectivity index (χ4n) is 1.86. The minimum absolute atomic E-state index is 0.718. The molecule has 0 aliphatic heterocycles. The normalized spacial score (nSPS) is 15.3. The number of nitrogens with zero attached hydrogens (tertiary/aromatic N) is 1. The zero-order chi connectivity index (χ0) is 11.0. The van der Waals surface area contributed by atoms with Gasteiger partial charge < -0.3 is 0 Å². The molecular formula is C13H13NS2. The van der Waals surface area contributed by atoms with Crippen molar-refractivity contribution in [1.82, 2.24) is 4.98 Å². The van der Waals surface area contributed by atoms with Crippen LogP contribution in [0.3, 0.4) is 0 Å². The summed E-state index contributed by atoms with van der Waals surface area (Å²) in [4.78, 5) is 6.13. The molecule has 0 unspecified atom stereocenters. The molecule has 2 aromatic rings. The van der Waals surface area contributed by atoms with Crippen molar-refractivity contribution in [2.45, 2.75) is 24.5 Å². The molecule has 0 amide bonds. The Labute approximate surface area is 105 Å². The van der Waals surface area contributed by atoms with Crippen LogP contribution in [-0.4, -0.2) is 4.98 Å². The van der Waals surface area contributed by atoms with E-state index in [2.05, 4.69) is 36.9 Å². The maximum atomic E-state index is 4.78. The highest BCUT2D eigenvalue weighted by atomic mass is 32.1. The van der Waals surface area contributed by atoms with E-state index in [4.69, 9.17) is 4.98 Å². The Hall–Kier alpha value is -0.800. The van der Waals surface area contributed by atoms with Crippen LogP contribution in [0.15, 0.2) is 30.3 Å². The molecule has 3 rings (SSSR count). The zero-order valence-electron chi connectivity index (χ0n) is 8.89. The Balaban J connectivity index is 2.02. The molecule has 0 radical (unpaired) electrons. The van der Waals surface area contributed by atoms with Gasteiger partial charge in [-0.25, -0.2) is 4.98 Å². The van der Waals surface area contributed by atoms with Crippen LogP contribution in [0, 0.1) is 0 Å². The summed E-state index contributed by atoms with van der Waals surface area (Å²) in [5.41, 5.74) is 2.53. The van der Waals surface area contributed by atoms with E-state index in [-0.39, 0.29) is 0 Å². The van der Waals surface area contributed by atoms with E-state index in [1.165, 1.54) is 29.0 Å². The van der Waals surface area contributed by atoms with Gasteiger partial charge in [0.15, 0.2) is 0 Å². The topological polar surface area (TPSA) is 12.9 Å². The van der Waals surface area contributed by atoms with Crippen LogP contribution in [0.1, 0.15) is 29.3 Å². The van der Waals surface area contributed by atoms with Crippen molar-refractivity contribution >= 4 is 24.0 Å². The summed E-state index contributed by atoms with van der Waals surface area (Å²) in [5.74, 6) is 1.53. The van der Waals surface area contributed by atoms with E-state index in [0.717, 1.165) is 16.7 Å². The number of benzene rings is 1. The molecule has 16 heavy (non-hydrogen) atoms. The first-order valence-corrected chi connectivity index (χ1v) is 6.99. The third-order valence-corrected chi connectivity index (χ3v) is 4.51. The Morgan fingerprint density at radius 1 is 1.25 bits per heavy atom. The van der Waals surface area contributed by atoms with Gasteiger partial charge in [0.05, 0.1) is 5.69 Å². The molecule has 0 spiro atoms. The predicted octanol–water partition coefficient (Wildman–Crippen LogP) is 4.12. The first kappa shape index (κ1) is 10.4. The third-order valence-electron chi connectivity index (χ3n) is 2.86. The number of rotatable bonds is 3. The number of thiol groups is 1. The molecule has 1 aliphatic carbocycles. The molecule has 1 saturated carbocycles. The molecule has 1 aromatic heterocycles. The van der Waals surface area contributed by atoms with Crippen LogP contribution in [0.5, 0.6) is 0 Å². The lowest BCUT2D eigenvalue weighted by Crippen LogP contribution is -1.84. The fraction of sp³-hybridized carbons (Fsp3) is 0.308. The SMILES string of the molecule is SCc1sc(-c2ccccc2)nc1C1CC1. The highest BCUT2D eigenvalue weighted by Crippen LogP contribution is 2.44. The van der Waals surface area contributed by atoms with Gasteiger partial charge in [0.2, 0.25) is 0 Å². The molecule has 3 heteroatoms. The standard InChI is InChI=1S/C13H13NS2/c15-8-11-12(9-6-7-9)14-13(16-11)10-4-2-1-3-5-10/h1-5,9,15H,6-8H2. The quantitative estimate of drug-likeness (QED) is 0.805. The van der Waals surface area contributed by atoms with Gasteiger partial charge in [-0.05, 0) is 12.8 Å². The minimum Gasteiger partial charge on any atom is -0.240 e. The lowest BCUT2D eigenvalue weighted by Gasteiger charge is -1.93. The van der Waals surface area contributed by atoms with Gasteiger partial charge in [0.25, 0.3) is 0 Å². The van der Waals surface area contributed by atoms with Crippen molar-refractivity contribution in [3.8, 4) is 10.6 Å². The van der Waals surface area contributed by atoms with Crippen LogP contribution in [0.2, 0.25) is 0 Å². The highest BCUT2D eigenvalue weighted by molar-refractivity contribution is 7.79. The van der Waals surface area contributed by atoms with Crippen LogP contribution < -0.4 is 0 Å². The summed E-state index contributed by atoms with van der Waals surface area (Å²) in [5, 5.41) is 1.14. The molecule has 1 nitrogen and oxygen atoms in total. The van der Waals surface area contributed by atoms with Crippen molar-refractivity contribution in [2.24, 2.45) is 0 Å². The molecule has 1 heterocycles. The second kappa shape index (κ2) is 4.22. The molecule has 0 saturated heterocycles. The van der Waals surface area contributed by atoms with E-state index in [0.29, 0.717) is 0 Å². The molecule has 0 atom stereocenters. The van der Waals surface area contributed by atoms with E-state index in [1.54, 1.807) is 11.3 Å². The summed E-state index contributed by atoms with van der Waals surface area (Å²) < 4.78 is 0. The third kappa shape index (κ3) is 1.89. The van der Waals surface area contributed by atoms with Crippen molar-refractivity contribution < 1.29 is 0 Å². The maximum Gasteiger partial charge on any atom is 0.123 e. The second-order valence-corrected chi connectivity index (χ2v) is 5.53. The fourth-order valence-corrected chi connectivity index (χ4v) is 3.23. The summed E-state index contributed by atoms with van der Waals surface area (Å²) in [7, 11) is 0. The number of hydrogen-bond acceptors (Lipinski definition) is 3. The summed E-state index contributed by atoms with van der Waals surface area (Å²) >= 11 is 6.19. The lowest BCUT2D eigenvalue weighted by molar-refractivity contribution is 1.03. The van der Waals surface area contributed by atoms with Crippen molar-refractivity contribution in [2.75, 3.05) is 0 Å². The highest BCUT2D eigenvalue weighted by Gasteiger charge is 2.29. The van der Waals surface area contributed by atoms with Crippen molar-refractivity contribution in [3.63, 3.8) is 0 Å². The number of thiazole rings is 1.